The Balaban J connectivity index is 2.20. The van der Waals surface area contributed by atoms with Crippen molar-refractivity contribution in [3.8, 4) is 5.75 Å². The Morgan fingerprint density at radius 3 is 2.63 bits per heavy atom. The van der Waals surface area contributed by atoms with Gasteiger partial charge in [-0.3, -0.25) is 4.79 Å². The van der Waals surface area contributed by atoms with Crippen LogP contribution in [0.3, 0.4) is 0 Å². The molecule has 0 heterocycles. The minimum atomic E-state index is 0.147. The third-order valence-electron chi connectivity index (χ3n) is 2.91. The maximum atomic E-state index is 11.7. The highest BCUT2D eigenvalue weighted by atomic mass is 16.5. The first-order chi connectivity index (χ1) is 9.13. The summed E-state index contributed by atoms with van der Waals surface area (Å²) >= 11 is 0. The second-order valence-corrected chi connectivity index (χ2v) is 4.58. The molecule has 0 aromatic heterocycles. The van der Waals surface area contributed by atoms with E-state index in [-0.39, 0.29) is 5.91 Å². The number of nitrogens with one attached hydrogen (secondary N) is 1. The van der Waals surface area contributed by atoms with Gasteiger partial charge in [0.1, 0.15) is 12.4 Å². The van der Waals surface area contributed by atoms with Crippen LogP contribution in [0.5, 0.6) is 5.75 Å². The second kappa shape index (κ2) is 8.53. The molecule has 0 atom stereocenters. The first-order valence-electron chi connectivity index (χ1n) is 6.77. The maximum absolute atomic E-state index is 11.7. The molecule has 4 nitrogen and oxygen atoms in total. The molecule has 0 saturated heterocycles. The fourth-order valence-electron chi connectivity index (χ4n) is 1.62. The molecule has 1 aromatic carbocycles. The van der Waals surface area contributed by atoms with E-state index in [9.17, 15) is 4.79 Å². The summed E-state index contributed by atoms with van der Waals surface area (Å²) in [5.74, 6) is 0.993. The quantitative estimate of drug-likeness (QED) is 0.728. The molecule has 0 aliphatic carbocycles. The van der Waals surface area contributed by atoms with Crippen LogP contribution < -0.4 is 10.1 Å². The molecule has 0 aliphatic heterocycles. The van der Waals surface area contributed by atoms with E-state index in [0.717, 1.165) is 18.8 Å². The van der Waals surface area contributed by atoms with Gasteiger partial charge in [-0.2, -0.15) is 0 Å². The molecule has 1 N–H and O–H groups in total. The minimum absolute atomic E-state index is 0.147. The Bertz CT molecular complexity index is 376. The summed E-state index contributed by atoms with van der Waals surface area (Å²) in [5, 5.41) is 3.14. The summed E-state index contributed by atoms with van der Waals surface area (Å²) in [6.45, 7) is 6.83. The molecule has 106 valence electrons. The average Bonchev–Trinajstić information content (AvgIpc) is 2.41. The molecule has 0 aliphatic rings. The molecule has 0 unspecified atom stereocenters. The van der Waals surface area contributed by atoms with Crippen molar-refractivity contribution in [2.24, 2.45) is 0 Å². The topological polar surface area (TPSA) is 41.6 Å². The molecule has 1 aromatic rings. The first kappa shape index (κ1) is 15.5. The maximum Gasteiger partial charge on any atom is 0.223 e. The predicted molar refractivity (Wildman–Crippen MR) is 77.5 cm³/mol. The Morgan fingerprint density at radius 1 is 1.32 bits per heavy atom. The van der Waals surface area contributed by atoms with Gasteiger partial charge in [0.25, 0.3) is 0 Å². The van der Waals surface area contributed by atoms with Crippen molar-refractivity contribution in [2.75, 3.05) is 33.3 Å². The number of nitrogens with zero attached hydrogens (tertiary/aromatic N) is 1. The number of benzene rings is 1. The van der Waals surface area contributed by atoms with Gasteiger partial charge in [0, 0.05) is 20.0 Å². The van der Waals surface area contributed by atoms with E-state index >= 15 is 0 Å². The number of amides is 1. The van der Waals surface area contributed by atoms with Gasteiger partial charge in [-0.05, 0) is 25.6 Å². The summed E-state index contributed by atoms with van der Waals surface area (Å²) in [4.78, 5) is 13.4. The van der Waals surface area contributed by atoms with Crippen molar-refractivity contribution in [1.29, 1.82) is 0 Å². The highest BCUT2D eigenvalue weighted by Gasteiger charge is 2.07. The second-order valence-electron chi connectivity index (χ2n) is 4.58. The van der Waals surface area contributed by atoms with Crippen molar-refractivity contribution in [1.82, 2.24) is 10.2 Å². The van der Waals surface area contributed by atoms with Crippen LogP contribution in [0.1, 0.15) is 18.9 Å². The fraction of sp³-hybridized carbons (Fsp3) is 0.533. The largest absolute Gasteiger partial charge is 0.492 e. The molecule has 4 heteroatoms. The van der Waals surface area contributed by atoms with Crippen molar-refractivity contribution in [2.45, 2.75) is 20.3 Å². The van der Waals surface area contributed by atoms with Gasteiger partial charge < -0.3 is 15.0 Å². The lowest BCUT2D eigenvalue weighted by Gasteiger charge is -2.17. The van der Waals surface area contributed by atoms with Gasteiger partial charge in [-0.15, -0.1) is 0 Å². The SMILES string of the molecule is CCNCCC(=O)N(C)CCOc1ccc(C)cc1. The van der Waals surface area contributed by atoms with Gasteiger partial charge in [-0.1, -0.05) is 24.6 Å². The normalized spacial score (nSPS) is 10.3. The zero-order chi connectivity index (χ0) is 14.1. The van der Waals surface area contributed by atoms with Crippen LogP contribution in [0.4, 0.5) is 0 Å². The Hall–Kier alpha value is -1.55. The van der Waals surface area contributed by atoms with Crippen LogP contribution in [0.2, 0.25) is 0 Å². The number of hydrogen-bond donors (Lipinski definition) is 1. The molecular weight excluding hydrogens is 240 g/mol. The van der Waals surface area contributed by atoms with Gasteiger partial charge in [0.15, 0.2) is 0 Å². The van der Waals surface area contributed by atoms with Crippen molar-refractivity contribution < 1.29 is 9.53 Å². The Morgan fingerprint density at radius 2 is 2.00 bits per heavy atom. The van der Waals surface area contributed by atoms with E-state index in [1.807, 2.05) is 45.2 Å². The zero-order valence-electron chi connectivity index (χ0n) is 12.1. The summed E-state index contributed by atoms with van der Waals surface area (Å²) in [5.41, 5.74) is 1.21. The van der Waals surface area contributed by atoms with Crippen molar-refractivity contribution in [3.63, 3.8) is 0 Å². The van der Waals surface area contributed by atoms with Crippen LogP contribution in [-0.4, -0.2) is 44.1 Å². The van der Waals surface area contributed by atoms with E-state index in [0.29, 0.717) is 19.6 Å². The molecule has 0 saturated carbocycles. The van der Waals surface area contributed by atoms with E-state index in [1.54, 1.807) is 4.90 Å². The third kappa shape index (κ3) is 6.25. The lowest BCUT2D eigenvalue weighted by molar-refractivity contribution is -0.130. The van der Waals surface area contributed by atoms with Crippen molar-refractivity contribution in [3.05, 3.63) is 29.8 Å². The van der Waals surface area contributed by atoms with Gasteiger partial charge in [0.2, 0.25) is 5.91 Å². The van der Waals surface area contributed by atoms with Crippen LogP contribution in [0.15, 0.2) is 24.3 Å². The monoisotopic (exact) mass is 264 g/mol. The lowest BCUT2D eigenvalue weighted by Crippen LogP contribution is -2.33. The number of ether oxygens (including phenoxy) is 1. The van der Waals surface area contributed by atoms with Crippen LogP contribution >= 0.6 is 0 Å². The fourth-order valence-corrected chi connectivity index (χ4v) is 1.62. The molecule has 19 heavy (non-hydrogen) atoms. The Kier molecular flexibility index (Phi) is 6.97. The third-order valence-corrected chi connectivity index (χ3v) is 2.91. The highest BCUT2D eigenvalue weighted by molar-refractivity contribution is 5.76. The number of aryl methyl sites for hydroxylation is 1. The van der Waals surface area contributed by atoms with Gasteiger partial charge in [0.05, 0.1) is 6.54 Å². The highest BCUT2D eigenvalue weighted by Crippen LogP contribution is 2.11. The smallest absolute Gasteiger partial charge is 0.223 e. The average molecular weight is 264 g/mol. The molecule has 0 spiro atoms. The summed E-state index contributed by atoms with van der Waals surface area (Å²) in [6, 6.07) is 7.92. The minimum Gasteiger partial charge on any atom is -0.492 e. The molecule has 0 radical (unpaired) electrons. The number of hydrogen-bond acceptors (Lipinski definition) is 3. The lowest BCUT2D eigenvalue weighted by atomic mass is 10.2. The standard InChI is InChI=1S/C15H24N2O2/c1-4-16-10-9-15(18)17(3)11-12-19-14-7-5-13(2)6-8-14/h5-8,16H,4,9-12H2,1-3H3. The van der Waals surface area contributed by atoms with Gasteiger partial charge >= 0.3 is 0 Å². The first-order valence-corrected chi connectivity index (χ1v) is 6.77. The summed E-state index contributed by atoms with van der Waals surface area (Å²) in [7, 11) is 1.81. The van der Waals surface area contributed by atoms with E-state index in [2.05, 4.69) is 5.32 Å². The van der Waals surface area contributed by atoms with E-state index < -0.39 is 0 Å². The van der Waals surface area contributed by atoms with Gasteiger partial charge in [-0.25, -0.2) is 0 Å². The number of likely N-dealkylation sites (N-methyl/N-ethyl adjacent to an activating group) is 1. The summed E-state index contributed by atoms with van der Waals surface area (Å²) < 4.78 is 5.60. The molecule has 0 fully saturated rings. The van der Waals surface area contributed by atoms with E-state index in [1.165, 1.54) is 5.56 Å². The molecule has 1 rings (SSSR count). The zero-order valence-corrected chi connectivity index (χ0v) is 12.1. The summed E-state index contributed by atoms with van der Waals surface area (Å²) in [6.07, 6.45) is 0.537. The van der Waals surface area contributed by atoms with Crippen LogP contribution in [0, 0.1) is 6.92 Å². The van der Waals surface area contributed by atoms with Crippen LogP contribution in [-0.2, 0) is 4.79 Å². The van der Waals surface area contributed by atoms with E-state index in [4.69, 9.17) is 4.74 Å². The van der Waals surface area contributed by atoms with Crippen molar-refractivity contribution >= 4 is 5.91 Å². The Labute approximate surface area is 115 Å². The number of carbonyl (C=O) groups is 1. The molecule has 0 bridgehead atoms. The van der Waals surface area contributed by atoms with Crippen LogP contribution in [0.25, 0.3) is 0 Å². The number of carbonyl (C=O) groups excluding carboxylic acids is 1. The molecule has 1 amide bonds. The number of rotatable bonds is 8. The predicted octanol–water partition coefficient (Wildman–Crippen LogP) is 1.83. The molecular formula is C15H24N2O2.